The number of hydrogen-bond donors (Lipinski definition) is 7. The molecule has 0 atom stereocenters. The lowest BCUT2D eigenvalue weighted by atomic mass is 10.1. The molecule has 0 saturated carbocycles. The molecular formula is C40H27N9O17S6. The summed E-state index contributed by atoms with van der Waals surface area (Å²) in [6.45, 7) is -0.897. The molecule has 0 aliphatic carbocycles. The van der Waals surface area contributed by atoms with Gasteiger partial charge in [0, 0.05) is 49.5 Å². The number of nitrogens with zero attached hydrogens (tertiary/aromatic N) is 6. The van der Waals surface area contributed by atoms with Crippen molar-refractivity contribution in [1.82, 2.24) is 39.9 Å². The molecule has 0 spiro atoms. The van der Waals surface area contributed by atoms with Crippen molar-refractivity contribution in [3.8, 4) is 45.6 Å². The van der Waals surface area contributed by atoms with Crippen LogP contribution in [0.4, 0.5) is 5.69 Å². The van der Waals surface area contributed by atoms with Crippen molar-refractivity contribution in [3.05, 3.63) is 97.1 Å². The van der Waals surface area contributed by atoms with Gasteiger partial charge in [0.1, 0.15) is 22.6 Å². The summed E-state index contributed by atoms with van der Waals surface area (Å²) in [6, 6.07) is 18.4. The minimum Gasteiger partial charge on any atom is -0.324 e. The van der Waals surface area contributed by atoms with E-state index < -0.39 is 87.7 Å². The maximum atomic E-state index is 14.0. The van der Waals surface area contributed by atoms with Crippen LogP contribution in [0.1, 0.15) is 0 Å². The fourth-order valence-corrected chi connectivity index (χ4v) is 11.8. The normalized spacial score (nSPS) is 13.3. The summed E-state index contributed by atoms with van der Waals surface area (Å²) in [4.78, 5) is 31.5. The summed E-state index contributed by atoms with van der Waals surface area (Å²) in [7, 11) is -28.0. The van der Waals surface area contributed by atoms with E-state index in [9.17, 15) is 64.2 Å². The molecule has 2 aliphatic heterocycles. The first kappa shape index (κ1) is 48.4. The average Bonchev–Trinajstić information content (AvgIpc) is 4.02. The monoisotopic (exact) mass is 1100 g/mol. The van der Waals surface area contributed by atoms with Crippen LogP contribution in [0, 0.1) is 0 Å². The fourth-order valence-electron chi connectivity index (χ4n) is 7.67. The predicted molar refractivity (Wildman–Crippen MR) is 252 cm³/mol. The van der Waals surface area contributed by atoms with Crippen LogP contribution in [0.3, 0.4) is 0 Å². The molecule has 8 aromatic rings. The van der Waals surface area contributed by atoms with Gasteiger partial charge in [0.2, 0.25) is 0 Å². The van der Waals surface area contributed by atoms with Gasteiger partial charge in [0.05, 0.1) is 36.8 Å². The van der Waals surface area contributed by atoms with Gasteiger partial charge in [-0.05, 0) is 97.1 Å². The van der Waals surface area contributed by atoms with Crippen molar-refractivity contribution < 1.29 is 72.9 Å². The second kappa shape index (κ2) is 16.7. The zero-order chi connectivity index (χ0) is 51.5. The third-order valence-electron chi connectivity index (χ3n) is 11.0. The van der Waals surface area contributed by atoms with Gasteiger partial charge in [-0.15, -0.1) is 0 Å². The van der Waals surface area contributed by atoms with Crippen LogP contribution in [-0.4, -0.2) is 121 Å². The third-order valence-corrected chi connectivity index (χ3v) is 17.1. The first-order valence-corrected chi connectivity index (χ1v) is 28.7. The first-order chi connectivity index (χ1) is 33.6. The largest absolute Gasteiger partial charge is 0.397 e. The van der Waals surface area contributed by atoms with Gasteiger partial charge in [-0.1, -0.05) is 0 Å². The van der Waals surface area contributed by atoms with Crippen LogP contribution in [0.2, 0.25) is 0 Å². The third kappa shape index (κ3) is 9.15. The molecule has 72 heavy (non-hydrogen) atoms. The van der Waals surface area contributed by atoms with Crippen LogP contribution in [0.15, 0.2) is 122 Å². The number of H-pyrrole nitrogens is 2. The SMILES string of the molecule is O=S(=O)(O)OCCS(=O)(=O)c1ccc(NS(=O)(=O)c2ccc3c4nc5nc(nc6[nH]c(nc7nc(nc([nH]4)c3c2)-c2ccc(S(=O)(=O)O)cc2-7)c2ccc(S(=O)(=O)O)cc62)-c2ccc(S(=O)(=O)O)cc2-5)cc1. The lowest BCUT2D eigenvalue weighted by Crippen LogP contribution is -2.16. The highest BCUT2D eigenvalue weighted by molar-refractivity contribution is 7.93. The summed E-state index contributed by atoms with van der Waals surface area (Å²) in [6.07, 6.45) is 0. The van der Waals surface area contributed by atoms with E-state index in [1.165, 1.54) is 36.4 Å². The number of aromatic amines is 2. The standard InChI is InChI=1S/C40H27N9O17S6/c50-67(51,14-13-66-72(63,64)65)20-3-1-19(2-4-20)49-68(52,53)21-5-9-25-29(15-21)37-41-33(25)43-38-31-17-23(70(57,58)59)7-11-27(31)35(45-38)47-40-32-18-24(71(60,61)62)8-12-28(32)36(48-40)46-39-30-16-22(69(54,55)56)6-10-26(30)34(42-37)44-39/h1-12,15-18,49H,13-14H2,(H,54,55,56)(H,57,58,59)(H,60,61,62)(H,63,64,65)(H2,41,42,43,44,45,46,47,48). The second-order valence-corrected chi connectivity index (χ2v) is 24.7. The highest BCUT2D eigenvalue weighted by Gasteiger charge is 2.27. The quantitative estimate of drug-likeness (QED) is 0.0900. The van der Waals surface area contributed by atoms with Gasteiger partial charge in [0.15, 0.2) is 33.1 Å². The van der Waals surface area contributed by atoms with Gasteiger partial charge in [-0.25, -0.2) is 50.9 Å². The van der Waals surface area contributed by atoms with Crippen molar-refractivity contribution >= 4 is 110 Å². The van der Waals surface area contributed by atoms with E-state index in [-0.39, 0.29) is 105 Å². The van der Waals surface area contributed by atoms with E-state index in [4.69, 9.17) is 14.5 Å². The molecule has 2 aliphatic rings. The number of benzene rings is 5. The number of rotatable bonds is 11. The minimum atomic E-state index is -4.91. The molecule has 0 fully saturated rings. The molecule has 0 unspecified atom stereocenters. The average molecular weight is 1100 g/mol. The summed E-state index contributed by atoms with van der Waals surface area (Å²) in [5.41, 5.74) is -0.102. The highest BCUT2D eigenvalue weighted by atomic mass is 32.3. The molecule has 8 bridgehead atoms. The molecule has 26 nitrogen and oxygen atoms in total. The second-order valence-electron chi connectivity index (χ2n) is 15.6. The molecule has 5 heterocycles. The van der Waals surface area contributed by atoms with Gasteiger partial charge >= 0.3 is 10.4 Å². The predicted octanol–water partition coefficient (Wildman–Crippen LogP) is 4.00. The van der Waals surface area contributed by atoms with E-state index in [0.717, 1.165) is 60.7 Å². The van der Waals surface area contributed by atoms with Crippen molar-refractivity contribution in [3.63, 3.8) is 0 Å². The Bertz CT molecular complexity index is 4570. The summed E-state index contributed by atoms with van der Waals surface area (Å²) in [5.74, 6) is -1.54. The molecule has 10 rings (SSSR count). The lowest BCUT2D eigenvalue weighted by molar-refractivity contribution is 0.284. The Kier molecular flexibility index (Phi) is 11.2. The lowest BCUT2D eigenvalue weighted by Gasteiger charge is -2.10. The van der Waals surface area contributed by atoms with Gasteiger partial charge < -0.3 is 9.97 Å². The van der Waals surface area contributed by atoms with Crippen LogP contribution in [-0.2, 0) is 64.8 Å². The highest BCUT2D eigenvalue weighted by Crippen LogP contribution is 2.39. The molecular weight excluding hydrogens is 1070 g/mol. The number of nitrogens with one attached hydrogen (secondary N) is 3. The smallest absolute Gasteiger partial charge is 0.324 e. The zero-order valence-corrected chi connectivity index (χ0v) is 40.3. The maximum absolute atomic E-state index is 14.0. The van der Waals surface area contributed by atoms with Gasteiger partial charge in [0.25, 0.3) is 40.4 Å². The maximum Gasteiger partial charge on any atom is 0.397 e. The molecule has 0 saturated heterocycles. The number of anilines is 1. The zero-order valence-electron chi connectivity index (χ0n) is 35.4. The minimum absolute atomic E-state index is 0.0186. The number of sulfonamides is 1. The summed E-state index contributed by atoms with van der Waals surface area (Å²) >= 11 is 0. The molecule has 0 amide bonds. The van der Waals surface area contributed by atoms with Crippen LogP contribution in [0.25, 0.3) is 89.7 Å². The number of hydrogen-bond acceptors (Lipinski definition) is 19. The molecule has 7 N–H and O–H groups in total. The molecule has 370 valence electrons. The van der Waals surface area contributed by atoms with Crippen molar-refractivity contribution in [2.75, 3.05) is 17.1 Å². The molecule has 32 heteroatoms. The molecule has 5 aromatic carbocycles. The topological polar surface area (TPSA) is 416 Å². The van der Waals surface area contributed by atoms with Gasteiger partial charge in [-0.3, -0.25) is 22.9 Å². The number of aromatic nitrogens is 8. The summed E-state index contributed by atoms with van der Waals surface area (Å²) in [5, 5.41) is 0.486. The Morgan fingerprint density at radius 2 is 0.792 bits per heavy atom. The van der Waals surface area contributed by atoms with E-state index in [2.05, 4.69) is 38.8 Å². The van der Waals surface area contributed by atoms with E-state index >= 15 is 0 Å². The Labute approximate surface area is 405 Å². The van der Waals surface area contributed by atoms with Crippen molar-refractivity contribution in [2.45, 2.75) is 24.5 Å². The van der Waals surface area contributed by atoms with Crippen molar-refractivity contribution in [2.24, 2.45) is 0 Å². The van der Waals surface area contributed by atoms with E-state index in [1.807, 2.05) is 0 Å². The Balaban J connectivity index is 1.21. The Morgan fingerprint density at radius 3 is 1.24 bits per heavy atom. The Hall–Kier alpha value is -7.24. The van der Waals surface area contributed by atoms with E-state index in [1.54, 1.807) is 0 Å². The molecule has 3 aromatic heterocycles. The fraction of sp³-hybridized carbons (Fsp3) is 0.0500. The summed E-state index contributed by atoms with van der Waals surface area (Å²) < 4.78 is 194. The van der Waals surface area contributed by atoms with Crippen molar-refractivity contribution in [1.29, 1.82) is 0 Å². The van der Waals surface area contributed by atoms with Crippen LogP contribution in [0.5, 0.6) is 0 Å². The number of fused-ring (bicyclic) bond motifs is 20. The van der Waals surface area contributed by atoms with Crippen LogP contribution < -0.4 is 4.72 Å². The number of sulfone groups is 1. The Morgan fingerprint density at radius 1 is 0.417 bits per heavy atom. The van der Waals surface area contributed by atoms with E-state index in [0.29, 0.717) is 0 Å². The first-order valence-electron chi connectivity index (χ1n) is 19.9. The van der Waals surface area contributed by atoms with Gasteiger partial charge in [-0.2, -0.15) is 33.7 Å². The molecule has 0 radical (unpaired) electrons. The van der Waals surface area contributed by atoms with Crippen LogP contribution >= 0.6 is 0 Å².